The van der Waals surface area contributed by atoms with Gasteiger partial charge in [-0.1, -0.05) is 0 Å². The maximum Gasteiger partial charge on any atom is 0.305 e. The number of ether oxygens (including phenoxy) is 1. The molecule has 1 N–H and O–H groups in total. The Labute approximate surface area is 83.0 Å². The Morgan fingerprint density at radius 1 is 1.57 bits per heavy atom. The van der Waals surface area contributed by atoms with E-state index in [4.69, 9.17) is 0 Å². The van der Waals surface area contributed by atoms with Crippen molar-refractivity contribution < 1.29 is 23.1 Å². The van der Waals surface area contributed by atoms with Gasteiger partial charge in [0.1, 0.15) is 0 Å². The first-order chi connectivity index (χ1) is 6.44. The van der Waals surface area contributed by atoms with Gasteiger partial charge in [-0.05, 0) is 12.3 Å². The summed E-state index contributed by atoms with van der Waals surface area (Å²) in [4.78, 5) is 10.9. The molecule has 0 aromatic heterocycles. The summed E-state index contributed by atoms with van der Waals surface area (Å²) in [6, 6.07) is 0. The molecule has 0 bridgehead atoms. The minimum absolute atomic E-state index is 0.0473. The maximum absolute atomic E-state index is 11.1. The zero-order valence-electron chi connectivity index (χ0n) is 7.97. The zero-order chi connectivity index (χ0) is 10.8. The Kier molecular flexibility index (Phi) is 3.49. The third kappa shape index (κ3) is 2.95. The predicted molar refractivity (Wildman–Crippen MR) is 49.4 cm³/mol. The van der Waals surface area contributed by atoms with Crippen LogP contribution in [-0.4, -0.2) is 44.2 Å². The molecule has 1 saturated heterocycles. The molecule has 1 aliphatic rings. The minimum Gasteiger partial charge on any atom is -0.469 e. The number of carbonyl (C=O) groups excluding carboxylic acids is 1. The second-order valence-electron chi connectivity index (χ2n) is 3.51. The first-order valence-electron chi connectivity index (χ1n) is 4.40. The van der Waals surface area contributed by atoms with Crippen molar-refractivity contribution in [2.45, 2.75) is 18.9 Å². The normalized spacial score (nSPS) is 31.0. The van der Waals surface area contributed by atoms with E-state index in [0.29, 0.717) is 6.42 Å². The van der Waals surface area contributed by atoms with E-state index in [9.17, 15) is 18.3 Å². The Bertz CT molecular complexity index is 308. The highest BCUT2D eigenvalue weighted by molar-refractivity contribution is 7.91. The van der Waals surface area contributed by atoms with Crippen molar-refractivity contribution in [3.63, 3.8) is 0 Å². The smallest absolute Gasteiger partial charge is 0.305 e. The summed E-state index contributed by atoms with van der Waals surface area (Å²) in [6.45, 7) is 0. The summed E-state index contributed by atoms with van der Waals surface area (Å²) < 4.78 is 26.6. The van der Waals surface area contributed by atoms with Crippen molar-refractivity contribution in [2.75, 3.05) is 18.6 Å². The average molecular weight is 222 g/mol. The van der Waals surface area contributed by atoms with Crippen LogP contribution >= 0.6 is 0 Å². The number of aliphatic hydroxyl groups excluding tert-OH is 1. The van der Waals surface area contributed by atoms with Crippen molar-refractivity contribution in [1.82, 2.24) is 0 Å². The van der Waals surface area contributed by atoms with Gasteiger partial charge >= 0.3 is 5.97 Å². The molecule has 1 aliphatic heterocycles. The molecule has 1 heterocycles. The van der Waals surface area contributed by atoms with Gasteiger partial charge in [-0.25, -0.2) is 8.42 Å². The van der Waals surface area contributed by atoms with Crippen LogP contribution in [-0.2, 0) is 19.4 Å². The molecule has 0 spiro atoms. The van der Waals surface area contributed by atoms with Crippen LogP contribution in [0.15, 0.2) is 0 Å². The molecule has 0 radical (unpaired) electrons. The number of sulfone groups is 1. The second-order valence-corrected chi connectivity index (χ2v) is 5.74. The number of hydrogen-bond donors (Lipinski definition) is 1. The Morgan fingerprint density at radius 3 is 2.71 bits per heavy atom. The van der Waals surface area contributed by atoms with Gasteiger partial charge in [-0.15, -0.1) is 0 Å². The van der Waals surface area contributed by atoms with Crippen molar-refractivity contribution >= 4 is 15.8 Å². The fourth-order valence-electron chi connectivity index (χ4n) is 1.54. The number of esters is 1. The van der Waals surface area contributed by atoms with Crippen LogP contribution in [0.2, 0.25) is 0 Å². The molecule has 1 rings (SSSR count). The first kappa shape index (κ1) is 11.5. The zero-order valence-corrected chi connectivity index (χ0v) is 8.79. The monoisotopic (exact) mass is 222 g/mol. The van der Waals surface area contributed by atoms with Crippen molar-refractivity contribution in [3.05, 3.63) is 0 Å². The molecular formula is C8H14O5S. The molecule has 0 saturated carbocycles. The van der Waals surface area contributed by atoms with Gasteiger partial charge in [0.25, 0.3) is 0 Å². The first-order valence-corrected chi connectivity index (χ1v) is 6.22. The summed E-state index contributed by atoms with van der Waals surface area (Å²) >= 11 is 0. The van der Waals surface area contributed by atoms with Gasteiger partial charge < -0.3 is 9.84 Å². The van der Waals surface area contributed by atoms with Crippen molar-refractivity contribution in [1.29, 1.82) is 0 Å². The summed E-state index contributed by atoms with van der Waals surface area (Å²) in [6.07, 6.45) is -0.515. The van der Waals surface area contributed by atoms with Crippen molar-refractivity contribution in [3.8, 4) is 0 Å². The maximum atomic E-state index is 11.1. The molecule has 0 unspecified atom stereocenters. The second kappa shape index (κ2) is 4.27. The lowest BCUT2D eigenvalue weighted by molar-refractivity contribution is -0.142. The third-order valence-corrected chi connectivity index (χ3v) is 4.13. The van der Waals surface area contributed by atoms with Crippen LogP contribution in [0.1, 0.15) is 12.8 Å². The lowest BCUT2D eigenvalue weighted by Gasteiger charge is -2.26. The Morgan fingerprint density at radius 2 is 2.21 bits per heavy atom. The number of aliphatic hydroxyl groups is 1. The Hall–Kier alpha value is -0.620. The third-order valence-electron chi connectivity index (χ3n) is 2.43. The summed E-state index contributed by atoms with van der Waals surface area (Å²) in [5, 5.41) is 9.46. The molecule has 0 aromatic carbocycles. The van der Waals surface area contributed by atoms with E-state index >= 15 is 0 Å². The highest BCUT2D eigenvalue weighted by atomic mass is 32.2. The SMILES string of the molecule is COC(=O)C[C@H]1CCS(=O)(=O)C[C@@H]1O. The molecule has 14 heavy (non-hydrogen) atoms. The van der Waals surface area contributed by atoms with E-state index in [1.54, 1.807) is 0 Å². The Balaban J connectivity index is 2.54. The van der Waals surface area contributed by atoms with Crippen LogP contribution in [0.25, 0.3) is 0 Å². The lowest BCUT2D eigenvalue weighted by atomic mass is 9.96. The van der Waals surface area contributed by atoms with E-state index in [2.05, 4.69) is 4.74 Å². The van der Waals surface area contributed by atoms with E-state index in [1.807, 2.05) is 0 Å². The van der Waals surface area contributed by atoms with Gasteiger partial charge in [-0.2, -0.15) is 0 Å². The largest absolute Gasteiger partial charge is 0.469 e. The molecule has 6 heteroatoms. The van der Waals surface area contributed by atoms with Gasteiger partial charge in [0.15, 0.2) is 9.84 Å². The van der Waals surface area contributed by atoms with Crippen LogP contribution in [0.4, 0.5) is 0 Å². The lowest BCUT2D eigenvalue weighted by Crippen LogP contribution is -2.38. The molecule has 0 aliphatic carbocycles. The summed E-state index contributed by atoms with van der Waals surface area (Å²) in [7, 11) is -1.84. The highest BCUT2D eigenvalue weighted by Crippen LogP contribution is 2.22. The van der Waals surface area contributed by atoms with E-state index in [1.165, 1.54) is 7.11 Å². The molecular weight excluding hydrogens is 208 g/mol. The average Bonchev–Trinajstić information content (AvgIpc) is 2.09. The van der Waals surface area contributed by atoms with Crippen LogP contribution in [0.5, 0.6) is 0 Å². The fourth-order valence-corrected chi connectivity index (χ4v) is 3.16. The van der Waals surface area contributed by atoms with E-state index < -0.39 is 21.9 Å². The predicted octanol–water partition coefficient (Wildman–Crippen LogP) is -0.655. The number of rotatable bonds is 2. The van der Waals surface area contributed by atoms with Gasteiger partial charge in [0.2, 0.25) is 0 Å². The van der Waals surface area contributed by atoms with Crippen LogP contribution in [0.3, 0.4) is 0 Å². The number of hydrogen-bond acceptors (Lipinski definition) is 5. The standard InChI is InChI=1S/C8H14O5S/c1-13-8(10)4-6-2-3-14(11,12)5-7(6)9/h6-7,9H,2-5H2,1H3/t6-,7+/m1/s1. The van der Waals surface area contributed by atoms with Crippen LogP contribution < -0.4 is 0 Å². The van der Waals surface area contributed by atoms with Crippen LogP contribution in [0, 0.1) is 5.92 Å². The van der Waals surface area contributed by atoms with Gasteiger partial charge in [0.05, 0.1) is 31.1 Å². The fraction of sp³-hybridized carbons (Fsp3) is 0.875. The molecule has 82 valence electrons. The molecule has 5 nitrogen and oxygen atoms in total. The van der Waals surface area contributed by atoms with Gasteiger partial charge in [-0.3, -0.25) is 4.79 Å². The number of carbonyl (C=O) groups is 1. The molecule has 2 atom stereocenters. The minimum atomic E-state index is -3.11. The van der Waals surface area contributed by atoms with E-state index in [-0.39, 0.29) is 23.8 Å². The molecule has 0 amide bonds. The topological polar surface area (TPSA) is 80.7 Å². The van der Waals surface area contributed by atoms with E-state index in [0.717, 1.165) is 0 Å². The van der Waals surface area contributed by atoms with Gasteiger partial charge in [0, 0.05) is 0 Å². The quantitative estimate of drug-likeness (QED) is 0.628. The number of methoxy groups -OCH3 is 1. The summed E-state index contributed by atoms with van der Waals surface area (Å²) in [5.41, 5.74) is 0. The molecule has 0 aromatic rings. The summed E-state index contributed by atoms with van der Waals surface area (Å²) in [5.74, 6) is -0.889. The van der Waals surface area contributed by atoms with Crippen molar-refractivity contribution in [2.24, 2.45) is 5.92 Å². The highest BCUT2D eigenvalue weighted by Gasteiger charge is 2.33. The molecule has 1 fully saturated rings.